The van der Waals surface area contributed by atoms with Crippen LogP contribution in [-0.4, -0.2) is 0 Å². The zero-order chi connectivity index (χ0) is 51.8. The van der Waals surface area contributed by atoms with Gasteiger partial charge in [0, 0.05) is 22.1 Å². The number of benzene rings is 10. The molecule has 0 aliphatic carbocycles. The summed E-state index contributed by atoms with van der Waals surface area (Å²) in [5, 5.41) is 1.87. The summed E-state index contributed by atoms with van der Waals surface area (Å²) in [4.78, 5) is 0.798. The topological polar surface area (TPSA) is 16.4 Å². The second kappa shape index (κ2) is 13.2. The Labute approximate surface area is 349 Å². The van der Waals surface area contributed by atoms with E-state index in [0.29, 0.717) is 16.7 Å². The smallest absolute Gasteiger partial charge is 0.143 e. The standard InChI is InChI=1S/C54H35NO/c1-2-13-41-34-43(23-22-36(41)10-1)38-26-31-46(32-27-38)55(51-20-9-21-52-53(51)50-33-28-40-12-4-6-18-49(40)54(50)56-52)45-29-24-37(25-30-45)42-15-7-16-44(35-42)48-19-8-14-39-11-3-5-17-47(39)48/h1-35H/i4D,6D,9D,12D,18D,20D,21D,24D,25D,26D,27D,28D,29D,30D,31D,32D,33D. The molecule has 0 spiro atoms. The fourth-order valence-corrected chi connectivity index (χ4v) is 7.24. The number of fused-ring (bicyclic) bond motifs is 7. The van der Waals surface area contributed by atoms with Gasteiger partial charge < -0.3 is 9.32 Å². The van der Waals surface area contributed by atoms with Crippen molar-refractivity contribution in [1.29, 1.82) is 0 Å². The van der Waals surface area contributed by atoms with Crippen molar-refractivity contribution in [2.24, 2.45) is 0 Å². The van der Waals surface area contributed by atoms with Gasteiger partial charge in [0.1, 0.15) is 11.2 Å². The van der Waals surface area contributed by atoms with Gasteiger partial charge in [-0.25, -0.2) is 0 Å². The van der Waals surface area contributed by atoms with Crippen LogP contribution in [0.5, 0.6) is 0 Å². The highest BCUT2D eigenvalue weighted by Crippen LogP contribution is 2.45. The largest absolute Gasteiger partial charge is 0.455 e. The minimum Gasteiger partial charge on any atom is -0.455 e. The average molecular weight is 731 g/mol. The first-order valence-electron chi connectivity index (χ1n) is 26.3. The minimum atomic E-state index is -0.875. The lowest BCUT2D eigenvalue weighted by Crippen LogP contribution is -2.10. The van der Waals surface area contributed by atoms with Crippen molar-refractivity contribution in [2.45, 2.75) is 0 Å². The second-order valence-corrected chi connectivity index (χ2v) is 13.2. The van der Waals surface area contributed by atoms with Crippen LogP contribution in [0.25, 0.3) is 87.6 Å². The molecule has 1 heterocycles. The Morgan fingerprint density at radius 3 is 1.89 bits per heavy atom. The van der Waals surface area contributed by atoms with Gasteiger partial charge in [-0.3, -0.25) is 0 Å². The number of nitrogens with zero attached hydrogens (tertiary/aromatic N) is 1. The zero-order valence-electron chi connectivity index (χ0n) is 46.2. The fourth-order valence-electron chi connectivity index (χ4n) is 7.24. The SMILES string of the molecule is [2H]c1c([2H])c(N(c2c([2H])c([2H])c(-c3ccc4ccccc4c3)c([2H])c2[2H])c2c([2H])c([2H])c([2H])c3oc4c5c([2H])c([2H])c([2H])c([2H])c5c([2H])c([2H])c4c23)c([2H])c([2H])c1-c1cccc(-c2cccc3ccccc23)c1. The number of hydrogen-bond acceptors (Lipinski definition) is 2. The van der Waals surface area contributed by atoms with Crippen LogP contribution in [0.1, 0.15) is 23.3 Å². The third-order valence-corrected chi connectivity index (χ3v) is 9.91. The van der Waals surface area contributed by atoms with Gasteiger partial charge in [0.25, 0.3) is 0 Å². The van der Waals surface area contributed by atoms with E-state index in [9.17, 15) is 13.7 Å². The molecule has 262 valence electrons. The van der Waals surface area contributed by atoms with Crippen LogP contribution < -0.4 is 4.90 Å². The Balaban J connectivity index is 1.26. The van der Waals surface area contributed by atoms with Crippen LogP contribution in [0.3, 0.4) is 0 Å². The van der Waals surface area contributed by atoms with E-state index in [0.717, 1.165) is 32.0 Å². The summed E-state index contributed by atoms with van der Waals surface area (Å²) < 4.78 is 164. The van der Waals surface area contributed by atoms with Crippen molar-refractivity contribution in [1.82, 2.24) is 0 Å². The van der Waals surface area contributed by atoms with Crippen molar-refractivity contribution in [3.63, 3.8) is 0 Å². The van der Waals surface area contributed by atoms with E-state index in [2.05, 4.69) is 0 Å². The molecular weight excluding hydrogens is 679 g/mol. The Morgan fingerprint density at radius 1 is 0.393 bits per heavy atom. The fraction of sp³-hybridized carbons (Fsp3) is 0. The van der Waals surface area contributed by atoms with Gasteiger partial charge in [-0.05, 0) is 115 Å². The predicted octanol–water partition coefficient (Wildman–Crippen LogP) is 15.5. The third kappa shape index (κ3) is 5.42. The third-order valence-electron chi connectivity index (χ3n) is 9.91. The predicted molar refractivity (Wildman–Crippen MR) is 237 cm³/mol. The molecule has 0 N–H and O–H groups in total. The molecule has 0 atom stereocenters. The second-order valence-electron chi connectivity index (χ2n) is 13.2. The summed E-state index contributed by atoms with van der Waals surface area (Å²) in [5.41, 5.74) is -1.18. The van der Waals surface area contributed by atoms with E-state index >= 15 is 0 Å². The summed E-state index contributed by atoms with van der Waals surface area (Å²) in [6.07, 6.45) is 0. The molecule has 11 rings (SSSR count). The molecule has 0 saturated carbocycles. The highest BCUT2D eigenvalue weighted by molar-refractivity contribution is 6.19. The maximum absolute atomic E-state index is 9.79. The van der Waals surface area contributed by atoms with E-state index < -0.39 is 147 Å². The van der Waals surface area contributed by atoms with Gasteiger partial charge in [0.15, 0.2) is 0 Å². The summed E-state index contributed by atoms with van der Waals surface area (Å²) in [7, 11) is 0. The average Bonchev–Trinajstić information content (AvgIpc) is 3.80. The molecule has 0 fully saturated rings. The molecule has 0 aliphatic heterocycles. The molecule has 0 radical (unpaired) electrons. The first-order chi connectivity index (χ1) is 34.8. The van der Waals surface area contributed by atoms with Crippen LogP contribution >= 0.6 is 0 Å². The molecule has 0 aliphatic rings. The Kier molecular flexibility index (Phi) is 4.52. The Bertz CT molecular complexity index is 4200. The van der Waals surface area contributed by atoms with Crippen molar-refractivity contribution in [2.75, 3.05) is 4.90 Å². The minimum absolute atomic E-state index is 0.133. The number of rotatable bonds is 6. The van der Waals surface area contributed by atoms with Gasteiger partial charge in [0.05, 0.1) is 34.4 Å². The number of hydrogen-bond donors (Lipinski definition) is 0. The molecule has 56 heavy (non-hydrogen) atoms. The summed E-state index contributed by atoms with van der Waals surface area (Å²) in [5.74, 6) is 0. The molecule has 1 aromatic heterocycles. The first kappa shape index (κ1) is 19.3. The normalized spacial score (nSPS) is 15.8. The molecule has 0 saturated heterocycles. The van der Waals surface area contributed by atoms with E-state index in [1.165, 1.54) is 0 Å². The van der Waals surface area contributed by atoms with Gasteiger partial charge >= 0.3 is 0 Å². The van der Waals surface area contributed by atoms with Gasteiger partial charge in [-0.1, -0.05) is 157 Å². The van der Waals surface area contributed by atoms with Crippen LogP contribution in [0, 0.1) is 0 Å². The van der Waals surface area contributed by atoms with E-state index in [1.807, 2.05) is 66.7 Å². The molecule has 10 aromatic carbocycles. The van der Waals surface area contributed by atoms with Crippen molar-refractivity contribution in [3.05, 3.63) is 212 Å². The van der Waals surface area contributed by atoms with E-state index in [4.69, 9.17) is 14.0 Å². The lowest BCUT2D eigenvalue weighted by atomic mass is 9.95. The van der Waals surface area contributed by atoms with Gasteiger partial charge in [-0.2, -0.15) is 0 Å². The molecule has 0 unspecified atom stereocenters. The van der Waals surface area contributed by atoms with E-state index in [-0.39, 0.29) is 16.5 Å². The molecular formula is C54H35NO. The number of furan rings is 1. The van der Waals surface area contributed by atoms with Crippen LogP contribution in [0.15, 0.2) is 216 Å². The summed E-state index contributed by atoms with van der Waals surface area (Å²) in [6.45, 7) is 0. The highest BCUT2D eigenvalue weighted by atomic mass is 16.3. The van der Waals surface area contributed by atoms with Crippen molar-refractivity contribution >= 4 is 71.3 Å². The van der Waals surface area contributed by atoms with Gasteiger partial charge in [-0.15, -0.1) is 0 Å². The molecule has 0 bridgehead atoms. The lowest BCUT2D eigenvalue weighted by molar-refractivity contribution is 0.672. The van der Waals surface area contributed by atoms with Gasteiger partial charge in [0.2, 0.25) is 0 Å². The van der Waals surface area contributed by atoms with Crippen LogP contribution in [-0.2, 0) is 0 Å². The monoisotopic (exact) mass is 730 g/mol. The maximum atomic E-state index is 9.79. The van der Waals surface area contributed by atoms with Crippen molar-refractivity contribution < 1.29 is 27.7 Å². The summed E-state index contributed by atoms with van der Waals surface area (Å²) >= 11 is 0. The van der Waals surface area contributed by atoms with Crippen LogP contribution in [0.4, 0.5) is 17.1 Å². The Hall–Kier alpha value is -7.42. The first-order valence-corrected chi connectivity index (χ1v) is 17.8. The van der Waals surface area contributed by atoms with E-state index in [1.54, 1.807) is 42.5 Å². The van der Waals surface area contributed by atoms with Crippen LogP contribution in [0.2, 0.25) is 0 Å². The molecule has 2 nitrogen and oxygen atoms in total. The highest BCUT2D eigenvalue weighted by Gasteiger charge is 2.21. The summed E-state index contributed by atoms with van der Waals surface area (Å²) in [6, 6.07) is 20.7. The molecule has 2 heteroatoms. The zero-order valence-corrected chi connectivity index (χ0v) is 29.2. The molecule has 0 amide bonds. The maximum Gasteiger partial charge on any atom is 0.143 e. The lowest BCUT2D eigenvalue weighted by Gasteiger charge is -2.26. The Morgan fingerprint density at radius 2 is 1.07 bits per heavy atom. The quantitative estimate of drug-likeness (QED) is 0.169. The molecule has 11 aromatic rings. The van der Waals surface area contributed by atoms with Crippen molar-refractivity contribution in [3.8, 4) is 33.4 Å². The number of anilines is 3.